The van der Waals surface area contributed by atoms with Gasteiger partial charge in [-0.2, -0.15) is 0 Å². The Labute approximate surface area is 138 Å². The van der Waals surface area contributed by atoms with E-state index in [0.29, 0.717) is 31.7 Å². The lowest BCUT2D eigenvalue weighted by Crippen LogP contribution is -2.45. The van der Waals surface area contributed by atoms with Crippen LogP contribution in [0.1, 0.15) is 23.4 Å². The van der Waals surface area contributed by atoms with E-state index in [0.717, 1.165) is 5.56 Å². The Morgan fingerprint density at radius 2 is 1.92 bits per heavy atom. The maximum absolute atomic E-state index is 12.7. The second kappa shape index (κ2) is 7.27. The smallest absolute Gasteiger partial charge is 0.323 e. The van der Waals surface area contributed by atoms with Gasteiger partial charge in [0.05, 0.1) is 0 Å². The van der Waals surface area contributed by atoms with Crippen LogP contribution in [0.15, 0.2) is 40.9 Å². The molecule has 7 nitrogen and oxygen atoms in total. The van der Waals surface area contributed by atoms with Crippen molar-refractivity contribution in [1.82, 2.24) is 10.1 Å². The molecule has 1 aliphatic rings. The number of carbonyl (C=O) groups excluding carboxylic acids is 1. The number of rotatable bonds is 5. The molecule has 1 saturated heterocycles. The molecule has 7 heteroatoms. The van der Waals surface area contributed by atoms with Gasteiger partial charge in [0.2, 0.25) is 5.76 Å². The highest BCUT2D eigenvalue weighted by molar-refractivity contribution is 5.94. The van der Waals surface area contributed by atoms with E-state index >= 15 is 0 Å². The lowest BCUT2D eigenvalue weighted by atomic mass is 10.1. The first-order chi connectivity index (χ1) is 11.6. The van der Waals surface area contributed by atoms with Crippen LogP contribution in [0.5, 0.6) is 0 Å². The number of ether oxygens (including phenoxy) is 1. The molecule has 2 aromatic rings. The van der Waals surface area contributed by atoms with Gasteiger partial charge in [0.25, 0.3) is 5.91 Å². The van der Waals surface area contributed by atoms with E-state index in [-0.39, 0.29) is 18.3 Å². The zero-order chi connectivity index (χ0) is 16.9. The Balaban J connectivity index is 1.81. The van der Waals surface area contributed by atoms with E-state index in [1.165, 1.54) is 4.90 Å². The molecule has 0 bridgehead atoms. The molecule has 1 amide bonds. The van der Waals surface area contributed by atoms with Crippen molar-refractivity contribution >= 4 is 11.9 Å². The monoisotopic (exact) mass is 330 g/mol. The molecule has 126 valence electrons. The summed E-state index contributed by atoms with van der Waals surface area (Å²) in [6.45, 7) is 0.657. The quantitative estimate of drug-likeness (QED) is 0.902. The fraction of sp³-hybridized carbons (Fsp3) is 0.353. The Morgan fingerprint density at radius 1 is 1.21 bits per heavy atom. The number of carboxylic acid groups (broad SMARTS) is 1. The van der Waals surface area contributed by atoms with Gasteiger partial charge in [-0.1, -0.05) is 35.5 Å². The summed E-state index contributed by atoms with van der Waals surface area (Å²) < 4.78 is 10.4. The van der Waals surface area contributed by atoms with Crippen molar-refractivity contribution in [2.45, 2.75) is 18.9 Å². The topological polar surface area (TPSA) is 92.9 Å². The minimum atomic E-state index is -1.06. The van der Waals surface area contributed by atoms with Gasteiger partial charge in [0.1, 0.15) is 12.2 Å². The highest BCUT2D eigenvalue weighted by Gasteiger charge is 2.30. The molecule has 24 heavy (non-hydrogen) atoms. The molecule has 2 heterocycles. The van der Waals surface area contributed by atoms with Crippen LogP contribution in [0.4, 0.5) is 0 Å². The maximum atomic E-state index is 12.7. The van der Waals surface area contributed by atoms with Gasteiger partial charge in [-0.3, -0.25) is 9.59 Å². The highest BCUT2D eigenvalue weighted by Crippen LogP contribution is 2.22. The van der Waals surface area contributed by atoms with Crippen LogP contribution in [0.2, 0.25) is 0 Å². The van der Waals surface area contributed by atoms with Crippen molar-refractivity contribution < 1.29 is 24.0 Å². The number of amides is 1. The minimum Gasteiger partial charge on any atom is -0.480 e. The molecule has 0 spiro atoms. The molecule has 0 atom stereocenters. The Morgan fingerprint density at radius 3 is 2.58 bits per heavy atom. The second-order valence-corrected chi connectivity index (χ2v) is 5.61. The van der Waals surface area contributed by atoms with Crippen molar-refractivity contribution in [2.24, 2.45) is 0 Å². The van der Waals surface area contributed by atoms with Crippen LogP contribution < -0.4 is 0 Å². The third-order valence-electron chi connectivity index (χ3n) is 3.99. The third-order valence-corrected chi connectivity index (χ3v) is 3.99. The number of benzene rings is 1. The molecule has 1 N–H and O–H groups in total. The van der Waals surface area contributed by atoms with Crippen LogP contribution in [0, 0.1) is 0 Å². The van der Waals surface area contributed by atoms with E-state index in [2.05, 4.69) is 5.16 Å². The Bertz CT molecular complexity index is 707. The van der Waals surface area contributed by atoms with Gasteiger partial charge in [0, 0.05) is 30.9 Å². The summed E-state index contributed by atoms with van der Waals surface area (Å²) in [5.41, 5.74) is 1.37. The zero-order valence-corrected chi connectivity index (χ0v) is 13.1. The predicted molar refractivity (Wildman–Crippen MR) is 84.5 cm³/mol. The molecule has 3 rings (SSSR count). The van der Waals surface area contributed by atoms with Crippen LogP contribution in [0.3, 0.4) is 0 Å². The van der Waals surface area contributed by atoms with Crippen LogP contribution in [-0.2, 0) is 9.53 Å². The van der Waals surface area contributed by atoms with Crippen LogP contribution in [-0.4, -0.2) is 52.8 Å². The van der Waals surface area contributed by atoms with Crippen molar-refractivity contribution in [1.29, 1.82) is 0 Å². The van der Waals surface area contributed by atoms with Crippen molar-refractivity contribution in [3.63, 3.8) is 0 Å². The largest absolute Gasteiger partial charge is 0.480 e. The molecule has 0 saturated carbocycles. The average molecular weight is 330 g/mol. The van der Waals surface area contributed by atoms with Gasteiger partial charge >= 0.3 is 5.97 Å². The van der Waals surface area contributed by atoms with Gasteiger partial charge in [-0.05, 0) is 12.8 Å². The highest BCUT2D eigenvalue weighted by atomic mass is 16.5. The lowest BCUT2D eigenvalue weighted by molar-refractivity contribution is -0.138. The van der Waals surface area contributed by atoms with Crippen LogP contribution in [0.25, 0.3) is 11.3 Å². The number of nitrogens with zero attached hydrogens (tertiary/aromatic N) is 2. The van der Waals surface area contributed by atoms with Crippen molar-refractivity contribution in [2.75, 3.05) is 19.8 Å². The second-order valence-electron chi connectivity index (χ2n) is 5.61. The molecule has 1 aromatic heterocycles. The molecule has 1 fully saturated rings. The van der Waals surface area contributed by atoms with Crippen LogP contribution >= 0.6 is 0 Å². The minimum absolute atomic E-state index is 0.0431. The summed E-state index contributed by atoms with van der Waals surface area (Å²) in [5.74, 6) is -1.47. The Hall–Kier alpha value is -2.67. The summed E-state index contributed by atoms with van der Waals surface area (Å²) in [4.78, 5) is 25.2. The van der Waals surface area contributed by atoms with Gasteiger partial charge < -0.3 is 19.3 Å². The first-order valence-electron chi connectivity index (χ1n) is 7.78. The molecule has 0 aliphatic carbocycles. The summed E-state index contributed by atoms with van der Waals surface area (Å²) >= 11 is 0. The summed E-state index contributed by atoms with van der Waals surface area (Å²) in [6, 6.07) is 10.7. The first-order valence-corrected chi connectivity index (χ1v) is 7.78. The number of carbonyl (C=O) groups is 2. The normalized spacial score (nSPS) is 15.2. The summed E-state index contributed by atoms with van der Waals surface area (Å²) in [7, 11) is 0. The average Bonchev–Trinajstić information content (AvgIpc) is 3.10. The van der Waals surface area contributed by atoms with Crippen molar-refractivity contribution in [3.8, 4) is 11.3 Å². The fourth-order valence-electron chi connectivity index (χ4n) is 2.77. The number of hydrogen-bond donors (Lipinski definition) is 1. The zero-order valence-electron chi connectivity index (χ0n) is 13.1. The molecular formula is C17H18N2O5. The number of carboxylic acids is 1. The number of hydrogen-bond acceptors (Lipinski definition) is 5. The van der Waals surface area contributed by atoms with E-state index in [9.17, 15) is 9.59 Å². The SMILES string of the molecule is O=C(O)CN(C(=O)c1cc(-c2ccccc2)no1)C1CCOCC1. The van der Waals surface area contributed by atoms with Gasteiger partial charge in [-0.15, -0.1) is 0 Å². The van der Waals surface area contributed by atoms with E-state index in [4.69, 9.17) is 14.4 Å². The molecule has 1 aliphatic heterocycles. The van der Waals surface area contributed by atoms with Gasteiger partial charge in [0.15, 0.2) is 0 Å². The summed E-state index contributed by atoms with van der Waals surface area (Å²) in [6.07, 6.45) is 1.22. The molecular weight excluding hydrogens is 312 g/mol. The number of aliphatic carboxylic acids is 1. The molecule has 1 aromatic carbocycles. The fourth-order valence-corrected chi connectivity index (χ4v) is 2.77. The molecule has 0 unspecified atom stereocenters. The number of aromatic nitrogens is 1. The van der Waals surface area contributed by atoms with Crippen molar-refractivity contribution in [3.05, 3.63) is 42.2 Å². The lowest BCUT2D eigenvalue weighted by Gasteiger charge is -2.32. The summed E-state index contributed by atoms with van der Waals surface area (Å²) in [5, 5.41) is 13.0. The first kappa shape index (κ1) is 16.2. The van der Waals surface area contributed by atoms with Gasteiger partial charge in [-0.25, -0.2) is 0 Å². The standard InChI is InChI=1S/C17H18N2O5/c20-16(21)11-19(13-6-8-23-9-7-13)17(22)15-10-14(18-24-15)12-4-2-1-3-5-12/h1-5,10,13H,6-9,11H2,(H,20,21). The Kier molecular flexibility index (Phi) is 4.90. The third kappa shape index (κ3) is 3.62. The maximum Gasteiger partial charge on any atom is 0.323 e. The van der Waals surface area contributed by atoms with E-state index < -0.39 is 11.9 Å². The molecule has 0 radical (unpaired) electrons. The van der Waals surface area contributed by atoms with E-state index in [1.807, 2.05) is 30.3 Å². The van der Waals surface area contributed by atoms with E-state index in [1.54, 1.807) is 6.07 Å². The predicted octanol–water partition coefficient (Wildman–Crippen LogP) is 2.05.